The summed E-state index contributed by atoms with van der Waals surface area (Å²) >= 11 is 5.36. The third kappa shape index (κ3) is 1.57. The Balaban J connectivity index is 2.41. The number of rotatable bonds is 2. The van der Waals surface area contributed by atoms with E-state index in [1.807, 2.05) is 13.8 Å². The lowest BCUT2D eigenvalue weighted by Crippen LogP contribution is -2.66. The van der Waals surface area contributed by atoms with E-state index in [1.165, 1.54) is 0 Å². The molecule has 1 fully saturated rings. The number of carbonyl (C=O) groups excluding carboxylic acids is 1. The standard InChI is InChI=1S/C8H14ClNO2/c1-6(2)8(12)4-10(5-8)7(11)3-9/h6,12H,3-5H2,1-2H3. The van der Waals surface area contributed by atoms with E-state index in [0.717, 1.165) is 0 Å². The molecule has 0 aromatic carbocycles. The largest absolute Gasteiger partial charge is 0.386 e. The minimum absolute atomic E-state index is 0.00811. The number of likely N-dealkylation sites (tertiary alicyclic amines) is 1. The lowest BCUT2D eigenvalue weighted by molar-refractivity contribution is -0.161. The average Bonchev–Trinajstić information content (AvgIpc) is 1.96. The Hall–Kier alpha value is -0.280. The Morgan fingerprint density at radius 1 is 1.67 bits per heavy atom. The lowest BCUT2D eigenvalue weighted by atomic mass is 9.83. The first-order valence-electron chi connectivity index (χ1n) is 4.06. The summed E-state index contributed by atoms with van der Waals surface area (Å²) in [5.41, 5.74) is -0.679. The molecule has 0 radical (unpaired) electrons. The summed E-state index contributed by atoms with van der Waals surface area (Å²) in [4.78, 5) is 12.6. The van der Waals surface area contributed by atoms with E-state index < -0.39 is 5.60 Å². The number of β-amino-alcohol motifs (C(OH)–C–C–N with tert-alkyl or cyclic N) is 1. The third-order valence-corrected chi connectivity index (χ3v) is 2.70. The maximum Gasteiger partial charge on any atom is 0.237 e. The van der Waals surface area contributed by atoms with Crippen LogP contribution in [0.1, 0.15) is 13.8 Å². The lowest BCUT2D eigenvalue weighted by Gasteiger charge is -2.48. The van der Waals surface area contributed by atoms with Crippen molar-refractivity contribution in [2.24, 2.45) is 5.92 Å². The van der Waals surface area contributed by atoms with Crippen LogP contribution in [0, 0.1) is 5.92 Å². The third-order valence-electron chi connectivity index (χ3n) is 2.47. The second kappa shape index (κ2) is 3.23. The molecule has 1 N–H and O–H groups in total. The number of amides is 1. The molecule has 1 saturated heterocycles. The SMILES string of the molecule is CC(C)C1(O)CN(C(=O)CCl)C1. The van der Waals surface area contributed by atoms with Gasteiger partial charge >= 0.3 is 0 Å². The fourth-order valence-electron chi connectivity index (χ4n) is 1.24. The van der Waals surface area contributed by atoms with E-state index in [-0.39, 0.29) is 17.7 Å². The van der Waals surface area contributed by atoms with Gasteiger partial charge in [0.2, 0.25) is 5.91 Å². The molecular weight excluding hydrogens is 178 g/mol. The van der Waals surface area contributed by atoms with Crippen LogP contribution in [0.5, 0.6) is 0 Å². The first-order valence-corrected chi connectivity index (χ1v) is 4.59. The predicted octanol–water partition coefficient (Wildman–Crippen LogP) is 0.454. The van der Waals surface area contributed by atoms with E-state index in [9.17, 15) is 9.90 Å². The van der Waals surface area contributed by atoms with Crippen LogP contribution >= 0.6 is 11.6 Å². The van der Waals surface area contributed by atoms with Gasteiger partial charge in [0.15, 0.2) is 0 Å². The number of alkyl halides is 1. The van der Waals surface area contributed by atoms with E-state index in [0.29, 0.717) is 13.1 Å². The summed E-state index contributed by atoms with van der Waals surface area (Å²) in [5, 5.41) is 9.77. The van der Waals surface area contributed by atoms with Crippen LogP contribution in [0.25, 0.3) is 0 Å². The van der Waals surface area contributed by atoms with Crippen LogP contribution in [0.2, 0.25) is 0 Å². The van der Waals surface area contributed by atoms with Gasteiger partial charge in [-0.1, -0.05) is 13.8 Å². The maximum absolute atomic E-state index is 11.0. The Bertz CT molecular complexity index is 187. The molecule has 12 heavy (non-hydrogen) atoms. The summed E-state index contributed by atoms with van der Waals surface area (Å²) < 4.78 is 0. The highest BCUT2D eigenvalue weighted by Crippen LogP contribution is 2.28. The topological polar surface area (TPSA) is 40.5 Å². The van der Waals surface area contributed by atoms with Crippen LogP contribution in [-0.4, -0.2) is 40.5 Å². The highest BCUT2D eigenvalue weighted by Gasteiger charge is 2.45. The summed E-state index contributed by atoms with van der Waals surface area (Å²) in [7, 11) is 0. The zero-order valence-corrected chi connectivity index (χ0v) is 8.14. The normalized spacial score (nSPS) is 20.9. The van der Waals surface area contributed by atoms with Crippen molar-refractivity contribution in [3.8, 4) is 0 Å². The molecule has 3 nitrogen and oxygen atoms in total. The van der Waals surface area contributed by atoms with Crippen molar-refractivity contribution in [1.29, 1.82) is 0 Å². The van der Waals surface area contributed by atoms with E-state index >= 15 is 0 Å². The average molecular weight is 192 g/mol. The molecule has 0 unspecified atom stereocenters. The summed E-state index contributed by atoms with van der Waals surface area (Å²) in [6.45, 7) is 4.75. The Morgan fingerprint density at radius 2 is 2.17 bits per heavy atom. The van der Waals surface area contributed by atoms with Gasteiger partial charge in [-0.25, -0.2) is 0 Å². The van der Waals surface area contributed by atoms with Gasteiger partial charge in [-0.3, -0.25) is 4.79 Å². The van der Waals surface area contributed by atoms with Crippen molar-refractivity contribution in [2.45, 2.75) is 19.4 Å². The molecule has 1 rings (SSSR count). The number of carbonyl (C=O) groups is 1. The molecule has 1 aliphatic rings. The van der Waals surface area contributed by atoms with Crippen molar-refractivity contribution in [2.75, 3.05) is 19.0 Å². The van der Waals surface area contributed by atoms with Crippen LogP contribution in [0.4, 0.5) is 0 Å². The molecule has 1 heterocycles. The second-order valence-electron chi connectivity index (χ2n) is 3.64. The predicted molar refractivity (Wildman–Crippen MR) is 47.1 cm³/mol. The molecule has 0 bridgehead atoms. The highest BCUT2D eigenvalue weighted by atomic mass is 35.5. The molecule has 0 atom stereocenters. The number of aliphatic hydroxyl groups is 1. The molecule has 0 aromatic rings. The van der Waals surface area contributed by atoms with Crippen LogP contribution < -0.4 is 0 Å². The second-order valence-corrected chi connectivity index (χ2v) is 3.91. The van der Waals surface area contributed by atoms with Crippen molar-refractivity contribution < 1.29 is 9.90 Å². The molecule has 1 amide bonds. The van der Waals surface area contributed by atoms with Gasteiger partial charge in [0.25, 0.3) is 0 Å². The Kier molecular flexibility index (Phi) is 2.64. The van der Waals surface area contributed by atoms with Gasteiger partial charge in [-0.2, -0.15) is 0 Å². The van der Waals surface area contributed by atoms with Crippen LogP contribution in [-0.2, 0) is 4.79 Å². The minimum Gasteiger partial charge on any atom is -0.386 e. The molecule has 0 saturated carbocycles. The number of hydrogen-bond donors (Lipinski definition) is 1. The van der Waals surface area contributed by atoms with E-state index in [1.54, 1.807) is 4.90 Å². The Morgan fingerprint density at radius 3 is 2.50 bits per heavy atom. The van der Waals surface area contributed by atoms with Gasteiger partial charge in [-0.15, -0.1) is 11.6 Å². The molecule has 0 spiro atoms. The van der Waals surface area contributed by atoms with Gasteiger partial charge < -0.3 is 10.0 Å². The fraction of sp³-hybridized carbons (Fsp3) is 0.875. The molecule has 70 valence electrons. The molecule has 4 heteroatoms. The molecular formula is C8H14ClNO2. The van der Waals surface area contributed by atoms with Gasteiger partial charge in [-0.05, 0) is 5.92 Å². The number of halogens is 1. The van der Waals surface area contributed by atoms with Crippen LogP contribution in [0.15, 0.2) is 0 Å². The van der Waals surface area contributed by atoms with E-state index in [4.69, 9.17) is 11.6 Å². The molecule has 0 aliphatic carbocycles. The number of hydrogen-bond acceptors (Lipinski definition) is 2. The molecule has 1 aliphatic heterocycles. The van der Waals surface area contributed by atoms with Crippen LogP contribution in [0.3, 0.4) is 0 Å². The smallest absolute Gasteiger partial charge is 0.237 e. The summed E-state index contributed by atoms with van der Waals surface area (Å²) in [5.74, 6) is 0.104. The monoisotopic (exact) mass is 191 g/mol. The fourth-order valence-corrected chi connectivity index (χ4v) is 1.41. The highest BCUT2D eigenvalue weighted by molar-refractivity contribution is 6.27. The summed E-state index contributed by atoms with van der Waals surface area (Å²) in [6.07, 6.45) is 0. The minimum atomic E-state index is -0.679. The quantitative estimate of drug-likeness (QED) is 0.645. The molecule has 0 aromatic heterocycles. The zero-order chi connectivity index (χ0) is 9.35. The Labute approximate surface area is 77.3 Å². The first-order chi connectivity index (χ1) is 5.49. The zero-order valence-electron chi connectivity index (χ0n) is 7.38. The van der Waals surface area contributed by atoms with Crippen molar-refractivity contribution in [1.82, 2.24) is 4.90 Å². The van der Waals surface area contributed by atoms with Gasteiger partial charge in [0, 0.05) is 0 Å². The number of nitrogens with zero attached hydrogens (tertiary/aromatic N) is 1. The van der Waals surface area contributed by atoms with Crippen molar-refractivity contribution in [3.63, 3.8) is 0 Å². The van der Waals surface area contributed by atoms with Gasteiger partial charge in [0.1, 0.15) is 11.5 Å². The van der Waals surface area contributed by atoms with Crippen molar-refractivity contribution in [3.05, 3.63) is 0 Å². The van der Waals surface area contributed by atoms with Crippen molar-refractivity contribution >= 4 is 17.5 Å². The van der Waals surface area contributed by atoms with Gasteiger partial charge in [0.05, 0.1) is 13.1 Å². The first kappa shape index (κ1) is 9.81. The summed E-state index contributed by atoms with van der Waals surface area (Å²) in [6, 6.07) is 0. The maximum atomic E-state index is 11.0. The van der Waals surface area contributed by atoms with E-state index in [2.05, 4.69) is 0 Å².